The molecule has 0 amide bonds. The predicted molar refractivity (Wildman–Crippen MR) is 82.9 cm³/mol. The Bertz CT molecular complexity index is 279. The van der Waals surface area contributed by atoms with Crippen molar-refractivity contribution in [3.05, 3.63) is 0 Å². The molecule has 1 saturated carbocycles. The number of aliphatic hydroxyl groups is 1. The van der Waals surface area contributed by atoms with Crippen LogP contribution in [0.1, 0.15) is 71.6 Å². The maximum Gasteiger partial charge on any atom is 0.0697 e. The van der Waals surface area contributed by atoms with Gasteiger partial charge in [-0.2, -0.15) is 0 Å². The number of hydrogen-bond acceptors (Lipinski definition) is 3. The molecule has 0 aromatic heterocycles. The molecule has 3 heteroatoms. The lowest BCUT2D eigenvalue weighted by Crippen LogP contribution is -2.49. The predicted octanol–water partition coefficient (Wildman–Crippen LogP) is 3.26. The second kappa shape index (κ2) is 7.24. The summed E-state index contributed by atoms with van der Waals surface area (Å²) in [6, 6.07) is 0.621. The summed E-state index contributed by atoms with van der Waals surface area (Å²) in [5.41, 5.74) is 0.476. The van der Waals surface area contributed by atoms with Crippen LogP contribution in [0.25, 0.3) is 0 Å². The molecule has 1 atom stereocenters. The summed E-state index contributed by atoms with van der Waals surface area (Å²) in [6.45, 7) is 6.88. The molecule has 2 fully saturated rings. The monoisotopic (exact) mass is 283 g/mol. The van der Waals surface area contributed by atoms with Gasteiger partial charge in [0.2, 0.25) is 0 Å². The summed E-state index contributed by atoms with van der Waals surface area (Å²) >= 11 is 0. The van der Waals surface area contributed by atoms with Crippen molar-refractivity contribution in [2.75, 3.05) is 19.8 Å². The zero-order valence-corrected chi connectivity index (χ0v) is 13.4. The Morgan fingerprint density at radius 3 is 2.70 bits per heavy atom. The Morgan fingerprint density at radius 2 is 2.00 bits per heavy atom. The van der Waals surface area contributed by atoms with E-state index >= 15 is 0 Å². The van der Waals surface area contributed by atoms with Gasteiger partial charge in [0.25, 0.3) is 0 Å². The molecule has 3 nitrogen and oxygen atoms in total. The Hall–Kier alpha value is -0.120. The van der Waals surface area contributed by atoms with Crippen molar-refractivity contribution in [3.63, 3.8) is 0 Å². The van der Waals surface area contributed by atoms with E-state index in [9.17, 15) is 0 Å². The zero-order valence-electron chi connectivity index (χ0n) is 13.4. The quantitative estimate of drug-likeness (QED) is 0.786. The first-order chi connectivity index (χ1) is 9.55. The molecule has 1 saturated heterocycles. The van der Waals surface area contributed by atoms with Crippen LogP contribution in [0.5, 0.6) is 0 Å². The minimum absolute atomic E-state index is 0.198. The van der Waals surface area contributed by atoms with Crippen molar-refractivity contribution >= 4 is 0 Å². The second-order valence-corrected chi connectivity index (χ2v) is 7.65. The third-order valence-corrected chi connectivity index (χ3v) is 5.14. The normalized spacial score (nSPS) is 26.9. The lowest BCUT2D eigenvalue weighted by atomic mass is 9.78. The molecule has 118 valence electrons. The highest BCUT2D eigenvalue weighted by atomic mass is 16.5. The SMILES string of the molecule is CC(C)(CCCO)CNC1CCOC2(CCCCC2)C1. The van der Waals surface area contributed by atoms with Crippen LogP contribution in [0.4, 0.5) is 0 Å². The van der Waals surface area contributed by atoms with Crippen LogP contribution in [0, 0.1) is 5.41 Å². The fraction of sp³-hybridized carbons (Fsp3) is 1.00. The highest BCUT2D eigenvalue weighted by Gasteiger charge is 2.38. The van der Waals surface area contributed by atoms with E-state index in [0.717, 1.165) is 32.4 Å². The second-order valence-electron chi connectivity index (χ2n) is 7.65. The van der Waals surface area contributed by atoms with Crippen molar-refractivity contribution in [3.8, 4) is 0 Å². The lowest BCUT2D eigenvalue weighted by molar-refractivity contribution is -0.109. The van der Waals surface area contributed by atoms with Gasteiger partial charge in [-0.15, -0.1) is 0 Å². The van der Waals surface area contributed by atoms with Gasteiger partial charge < -0.3 is 15.2 Å². The summed E-state index contributed by atoms with van der Waals surface area (Å²) in [5, 5.41) is 12.8. The summed E-state index contributed by atoms with van der Waals surface area (Å²) in [4.78, 5) is 0. The minimum Gasteiger partial charge on any atom is -0.396 e. The van der Waals surface area contributed by atoms with Crippen LogP contribution >= 0.6 is 0 Å². The topological polar surface area (TPSA) is 41.5 Å². The Balaban J connectivity index is 1.78. The molecule has 2 aliphatic rings. The first kappa shape index (κ1) is 16.3. The fourth-order valence-electron chi connectivity index (χ4n) is 3.81. The highest BCUT2D eigenvalue weighted by Crippen LogP contribution is 2.38. The molecular weight excluding hydrogens is 250 g/mol. The molecule has 1 spiro atoms. The highest BCUT2D eigenvalue weighted by molar-refractivity contribution is 4.92. The van der Waals surface area contributed by atoms with Gasteiger partial charge in [0.05, 0.1) is 5.60 Å². The summed E-state index contributed by atoms with van der Waals surface area (Å²) in [6.07, 6.45) is 10.9. The van der Waals surface area contributed by atoms with Gasteiger partial charge >= 0.3 is 0 Å². The summed E-state index contributed by atoms with van der Waals surface area (Å²) < 4.78 is 6.16. The third-order valence-electron chi connectivity index (χ3n) is 5.14. The van der Waals surface area contributed by atoms with Gasteiger partial charge in [-0.05, 0) is 43.9 Å². The molecule has 0 radical (unpaired) electrons. The van der Waals surface area contributed by atoms with Crippen LogP contribution in [0.2, 0.25) is 0 Å². The summed E-state index contributed by atoms with van der Waals surface area (Å²) in [7, 11) is 0. The zero-order chi connectivity index (χ0) is 14.5. The van der Waals surface area contributed by atoms with Crippen molar-refractivity contribution in [1.29, 1.82) is 0 Å². The molecule has 1 heterocycles. The van der Waals surface area contributed by atoms with Gasteiger partial charge in [-0.1, -0.05) is 33.1 Å². The van der Waals surface area contributed by atoms with Crippen LogP contribution in [-0.2, 0) is 4.74 Å². The smallest absolute Gasteiger partial charge is 0.0697 e. The lowest BCUT2D eigenvalue weighted by Gasteiger charge is -2.44. The molecule has 1 aliphatic carbocycles. The van der Waals surface area contributed by atoms with Gasteiger partial charge in [0.15, 0.2) is 0 Å². The maximum absolute atomic E-state index is 8.98. The van der Waals surface area contributed by atoms with Crippen molar-refractivity contribution in [1.82, 2.24) is 5.32 Å². The largest absolute Gasteiger partial charge is 0.396 e. The van der Waals surface area contributed by atoms with Crippen molar-refractivity contribution in [2.45, 2.75) is 83.3 Å². The van der Waals surface area contributed by atoms with Gasteiger partial charge in [-0.25, -0.2) is 0 Å². The maximum atomic E-state index is 8.98. The van der Waals surface area contributed by atoms with Crippen LogP contribution in [0.15, 0.2) is 0 Å². The number of rotatable bonds is 6. The molecule has 2 N–H and O–H groups in total. The van der Waals surface area contributed by atoms with Crippen LogP contribution in [-0.4, -0.2) is 36.5 Å². The molecule has 0 aromatic carbocycles. The van der Waals surface area contributed by atoms with E-state index in [1.54, 1.807) is 0 Å². The standard InChI is InChI=1S/C17H33NO2/c1-16(2,8-6-11-19)14-18-15-7-12-20-17(13-15)9-4-3-5-10-17/h15,18-19H,3-14H2,1-2H3. The third kappa shape index (κ3) is 4.71. The number of aliphatic hydroxyl groups excluding tert-OH is 1. The first-order valence-corrected chi connectivity index (χ1v) is 8.54. The average molecular weight is 283 g/mol. The van der Waals surface area contributed by atoms with Crippen LogP contribution < -0.4 is 5.32 Å². The van der Waals surface area contributed by atoms with Gasteiger partial charge in [-0.3, -0.25) is 0 Å². The van der Waals surface area contributed by atoms with Crippen molar-refractivity contribution < 1.29 is 9.84 Å². The Kier molecular flexibility index (Phi) is 5.88. The molecule has 2 rings (SSSR count). The number of hydrogen-bond donors (Lipinski definition) is 2. The average Bonchev–Trinajstić information content (AvgIpc) is 2.44. The minimum atomic E-state index is 0.198. The van der Waals surface area contributed by atoms with E-state index in [2.05, 4.69) is 19.2 Å². The molecule has 1 unspecified atom stereocenters. The van der Waals surface area contributed by atoms with E-state index < -0.39 is 0 Å². The Labute approximate surface area is 124 Å². The fourth-order valence-corrected chi connectivity index (χ4v) is 3.81. The van der Waals surface area contributed by atoms with E-state index in [1.807, 2.05) is 0 Å². The Morgan fingerprint density at radius 1 is 1.25 bits per heavy atom. The first-order valence-electron chi connectivity index (χ1n) is 8.54. The molecule has 0 aromatic rings. The van der Waals surface area contributed by atoms with E-state index in [4.69, 9.17) is 9.84 Å². The molecule has 0 bridgehead atoms. The molecular formula is C17H33NO2. The van der Waals surface area contributed by atoms with Crippen molar-refractivity contribution in [2.24, 2.45) is 5.41 Å². The van der Waals surface area contributed by atoms with Gasteiger partial charge in [0.1, 0.15) is 0 Å². The molecule has 1 aliphatic heterocycles. The van der Waals surface area contributed by atoms with Crippen LogP contribution in [0.3, 0.4) is 0 Å². The van der Waals surface area contributed by atoms with E-state index in [-0.39, 0.29) is 11.0 Å². The van der Waals surface area contributed by atoms with E-state index in [0.29, 0.717) is 12.6 Å². The number of ether oxygens (including phenoxy) is 1. The van der Waals surface area contributed by atoms with Gasteiger partial charge in [0, 0.05) is 25.8 Å². The van der Waals surface area contributed by atoms with E-state index in [1.165, 1.54) is 38.5 Å². The number of nitrogens with one attached hydrogen (secondary N) is 1. The molecule has 20 heavy (non-hydrogen) atoms. The summed E-state index contributed by atoms with van der Waals surface area (Å²) in [5.74, 6) is 0.